The van der Waals surface area contributed by atoms with Crippen molar-refractivity contribution in [3.05, 3.63) is 17.6 Å². The predicted molar refractivity (Wildman–Crippen MR) is 92.7 cm³/mol. The van der Waals surface area contributed by atoms with E-state index in [1.807, 2.05) is 0 Å². The maximum Gasteiger partial charge on any atom is 0.453 e. The number of fused-ring (bicyclic) bond motifs is 1. The number of aryl methyl sites for hydroxylation is 1. The van der Waals surface area contributed by atoms with Crippen LogP contribution in [0.3, 0.4) is 0 Å². The van der Waals surface area contributed by atoms with Gasteiger partial charge in [-0.15, -0.1) is 5.10 Å². The Morgan fingerprint density at radius 1 is 1.15 bits per heavy atom. The molecule has 2 fully saturated rings. The van der Waals surface area contributed by atoms with Crippen molar-refractivity contribution >= 4 is 11.6 Å². The van der Waals surface area contributed by atoms with E-state index in [0.29, 0.717) is 17.6 Å². The Morgan fingerprint density at radius 2 is 1.89 bits per heavy atom. The summed E-state index contributed by atoms with van der Waals surface area (Å²) < 4.78 is 45.8. The highest BCUT2D eigenvalue weighted by atomic mass is 19.4. The molecule has 2 aliphatic rings. The van der Waals surface area contributed by atoms with Crippen LogP contribution >= 0.6 is 0 Å². The molecule has 4 heterocycles. The lowest BCUT2D eigenvalue weighted by Gasteiger charge is -2.42. The molecule has 0 amide bonds. The van der Waals surface area contributed by atoms with Crippen molar-refractivity contribution in [3.8, 4) is 0 Å². The van der Waals surface area contributed by atoms with E-state index in [9.17, 15) is 13.2 Å². The summed E-state index contributed by atoms with van der Waals surface area (Å²) in [7, 11) is 0. The van der Waals surface area contributed by atoms with E-state index >= 15 is 0 Å². The molecule has 2 aromatic rings. The topological polar surface area (TPSA) is 58.8 Å². The van der Waals surface area contributed by atoms with Gasteiger partial charge in [-0.25, -0.2) is 4.98 Å². The first-order valence-electron chi connectivity index (χ1n) is 9.23. The van der Waals surface area contributed by atoms with Crippen molar-refractivity contribution in [1.82, 2.24) is 24.5 Å². The van der Waals surface area contributed by atoms with Crippen LogP contribution in [0.25, 0.3) is 5.78 Å². The van der Waals surface area contributed by atoms with Crippen LogP contribution in [0, 0.1) is 6.92 Å². The van der Waals surface area contributed by atoms with Gasteiger partial charge in [0.05, 0.1) is 12.7 Å². The number of halogens is 3. The number of ether oxygens (including phenoxy) is 1. The molecule has 0 radical (unpaired) electrons. The molecule has 0 N–H and O–H groups in total. The fraction of sp³-hybridized carbons (Fsp3) is 0.706. The highest BCUT2D eigenvalue weighted by Gasteiger charge is 2.37. The zero-order valence-corrected chi connectivity index (χ0v) is 15.4. The number of piperidine rings is 1. The lowest BCUT2D eigenvalue weighted by Crippen LogP contribution is -2.51. The van der Waals surface area contributed by atoms with Crippen molar-refractivity contribution < 1.29 is 17.9 Å². The SMILES string of the molecule is Cc1cc(N2CCC(N3CCOC(C)C3)CC2)n2nc(C(F)(F)F)nc2n1. The van der Waals surface area contributed by atoms with Crippen molar-refractivity contribution in [3.63, 3.8) is 0 Å². The molecule has 2 saturated heterocycles. The Bertz CT molecular complexity index is 815. The van der Waals surface area contributed by atoms with Gasteiger partial charge in [0.2, 0.25) is 0 Å². The Morgan fingerprint density at radius 3 is 2.56 bits per heavy atom. The fourth-order valence-corrected chi connectivity index (χ4v) is 3.95. The van der Waals surface area contributed by atoms with E-state index < -0.39 is 12.0 Å². The van der Waals surface area contributed by atoms with Crippen LogP contribution in [-0.4, -0.2) is 69.4 Å². The number of rotatable bonds is 2. The smallest absolute Gasteiger partial charge is 0.376 e. The van der Waals surface area contributed by atoms with Crippen molar-refractivity contribution in [2.75, 3.05) is 37.7 Å². The molecule has 10 heteroatoms. The summed E-state index contributed by atoms with van der Waals surface area (Å²) in [5, 5.41) is 3.67. The molecule has 0 spiro atoms. The Labute approximate surface area is 155 Å². The van der Waals surface area contributed by atoms with E-state index in [2.05, 4.69) is 31.8 Å². The summed E-state index contributed by atoms with van der Waals surface area (Å²) in [6.07, 6.45) is -2.43. The van der Waals surface area contributed by atoms with Crippen molar-refractivity contribution in [2.24, 2.45) is 0 Å². The number of nitrogens with zero attached hydrogens (tertiary/aromatic N) is 6. The summed E-state index contributed by atoms with van der Waals surface area (Å²) in [6.45, 7) is 7.98. The minimum absolute atomic E-state index is 0.0125. The number of hydrogen-bond donors (Lipinski definition) is 0. The first-order chi connectivity index (χ1) is 12.8. The molecule has 7 nitrogen and oxygen atoms in total. The van der Waals surface area contributed by atoms with Crippen LogP contribution in [0.2, 0.25) is 0 Å². The molecule has 2 aliphatic heterocycles. The van der Waals surface area contributed by atoms with Gasteiger partial charge in [0.15, 0.2) is 0 Å². The highest BCUT2D eigenvalue weighted by molar-refractivity contribution is 5.48. The molecule has 2 aromatic heterocycles. The summed E-state index contributed by atoms with van der Waals surface area (Å²) in [4.78, 5) is 12.2. The average Bonchev–Trinajstić information content (AvgIpc) is 3.05. The number of anilines is 1. The maximum atomic E-state index is 13.0. The van der Waals surface area contributed by atoms with E-state index in [1.54, 1.807) is 13.0 Å². The summed E-state index contributed by atoms with van der Waals surface area (Å²) in [6, 6.07) is 2.26. The van der Waals surface area contributed by atoms with Gasteiger partial charge in [0.25, 0.3) is 11.6 Å². The number of hydrogen-bond acceptors (Lipinski definition) is 6. The van der Waals surface area contributed by atoms with Gasteiger partial charge < -0.3 is 9.64 Å². The van der Waals surface area contributed by atoms with Crippen LogP contribution < -0.4 is 4.90 Å². The maximum absolute atomic E-state index is 13.0. The second kappa shape index (κ2) is 6.90. The van der Waals surface area contributed by atoms with Gasteiger partial charge in [-0.3, -0.25) is 4.90 Å². The average molecular weight is 384 g/mol. The van der Waals surface area contributed by atoms with Crippen LogP contribution in [-0.2, 0) is 10.9 Å². The van der Waals surface area contributed by atoms with Gasteiger partial charge in [-0.05, 0) is 26.7 Å². The molecule has 27 heavy (non-hydrogen) atoms. The number of morpholine rings is 1. The summed E-state index contributed by atoms with van der Waals surface area (Å²) >= 11 is 0. The van der Waals surface area contributed by atoms with E-state index in [1.165, 1.54) is 4.52 Å². The largest absolute Gasteiger partial charge is 0.453 e. The number of alkyl halides is 3. The predicted octanol–water partition coefficient (Wildman–Crippen LogP) is 2.14. The standard InChI is InChI=1S/C17H23F3N6O/c1-11-9-14(26-16(21-11)22-15(23-26)17(18,19)20)24-5-3-13(4-6-24)25-7-8-27-12(2)10-25/h9,12-13H,3-8,10H2,1-2H3. The second-order valence-corrected chi connectivity index (χ2v) is 7.30. The molecular weight excluding hydrogens is 361 g/mol. The Balaban J connectivity index is 1.54. The van der Waals surface area contributed by atoms with Crippen LogP contribution in [0.15, 0.2) is 6.07 Å². The monoisotopic (exact) mass is 384 g/mol. The van der Waals surface area contributed by atoms with Gasteiger partial charge in [-0.2, -0.15) is 22.7 Å². The minimum Gasteiger partial charge on any atom is -0.376 e. The Kier molecular flexibility index (Phi) is 4.71. The third-order valence-corrected chi connectivity index (χ3v) is 5.25. The molecular formula is C17H23F3N6O. The zero-order valence-electron chi connectivity index (χ0n) is 15.4. The zero-order chi connectivity index (χ0) is 19.2. The van der Waals surface area contributed by atoms with Crippen molar-refractivity contribution in [2.45, 2.75) is 45.0 Å². The van der Waals surface area contributed by atoms with Gasteiger partial charge in [0, 0.05) is 44.0 Å². The van der Waals surface area contributed by atoms with Crippen LogP contribution in [0.4, 0.5) is 19.0 Å². The molecule has 1 unspecified atom stereocenters. The quantitative estimate of drug-likeness (QED) is 0.791. The van der Waals surface area contributed by atoms with Crippen LogP contribution in [0.5, 0.6) is 0 Å². The van der Waals surface area contributed by atoms with E-state index in [0.717, 1.165) is 45.6 Å². The van der Waals surface area contributed by atoms with E-state index in [-0.39, 0.29) is 11.9 Å². The van der Waals surface area contributed by atoms with Crippen molar-refractivity contribution in [1.29, 1.82) is 0 Å². The minimum atomic E-state index is -4.58. The van der Waals surface area contributed by atoms with Gasteiger partial charge in [0.1, 0.15) is 5.82 Å². The summed E-state index contributed by atoms with van der Waals surface area (Å²) in [5.41, 5.74) is 0.628. The van der Waals surface area contributed by atoms with Gasteiger partial charge >= 0.3 is 6.18 Å². The summed E-state index contributed by atoms with van der Waals surface area (Å²) in [5.74, 6) is -0.546. The normalized spacial score (nSPS) is 23.3. The number of aromatic nitrogens is 4. The van der Waals surface area contributed by atoms with E-state index in [4.69, 9.17) is 4.74 Å². The molecule has 0 aromatic carbocycles. The first kappa shape index (κ1) is 18.4. The van der Waals surface area contributed by atoms with Gasteiger partial charge in [-0.1, -0.05) is 0 Å². The highest BCUT2D eigenvalue weighted by Crippen LogP contribution is 2.29. The molecule has 1 atom stereocenters. The first-order valence-corrected chi connectivity index (χ1v) is 9.23. The fourth-order valence-electron chi connectivity index (χ4n) is 3.95. The third-order valence-electron chi connectivity index (χ3n) is 5.25. The van der Waals surface area contributed by atoms with Crippen LogP contribution in [0.1, 0.15) is 31.3 Å². The lowest BCUT2D eigenvalue weighted by molar-refractivity contribution is -0.144. The Hall–Kier alpha value is -1.94. The molecule has 0 bridgehead atoms. The molecule has 0 saturated carbocycles. The third kappa shape index (κ3) is 3.73. The molecule has 148 valence electrons. The molecule has 4 rings (SSSR count). The lowest BCUT2D eigenvalue weighted by atomic mass is 10.0. The molecule has 0 aliphatic carbocycles. The second-order valence-electron chi connectivity index (χ2n) is 7.30.